The van der Waals surface area contributed by atoms with Gasteiger partial charge in [0.1, 0.15) is 12.3 Å². The Morgan fingerprint density at radius 2 is 1.96 bits per heavy atom. The van der Waals surface area contributed by atoms with E-state index in [0.717, 1.165) is 16.5 Å². The van der Waals surface area contributed by atoms with Crippen LogP contribution in [-0.4, -0.2) is 25.0 Å². The van der Waals surface area contributed by atoms with Crippen LogP contribution >= 0.6 is 15.9 Å². The van der Waals surface area contributed by atoms with E-state index in [-0.39, 0.29) is 31.0 Å². The fourth-order valence-electron chi connectivity index (χ4n) is 2.83. The largest absolute Gasteiger partial charge is 0.482 e. The minimum atomic E-state index is -0.217. The van der Waals surface area contributed by atoms with Gasteiger partial charge in [0.05, 0.1) is 11.7 Å². The molecule has 1 atom stereocenters. The van der Waals surface area contributed by atoms with Crippen LogP contribution in [0.5, 0.6) is 5.75 Å². The van der Waals surface area contributed by atoms with Crippen LogP contribution < -0.4 is 15.0 Å². The maximum absolute atomic E-state index is 12.5. The van der Waals surface area contributed by atoms with Crippen molar-refractivity contribution in [3.63, 3.8) is 0 Å². The minimum absolute atomic E-state index is 0.0216. The molecule has 0 spiro atoms. The fraction of sp³-hybridized carbons (Fsp3) is 0.263. The van der Waals surface area contributed by atoms with Crippen LogP contribution in [0.25, 0.3) is 0 Å². The second kappa shape index (κ2) is 7.70. The summed E-state index contributed by atoms with van der Waals surface area (Å²) in [6.45, 7) is 1.95. The lowest BCUT2D eigenvalue weighted by molar-refractivity contribution is -0.125. The first-order valence-electron chi connectivity index (χ1n) is 8.15. The third kappa shape index (κ3) is 4.02. The van der Waals surface area contributed by atoms with Crippen LogP contribution in [0.1, 0.15) is 24.9 Å². The molecular formula is C19H19BrN2O3. The summed E-state index contributed by atoms with van der Waals surface area (Å²) in [7, 11) is 0. The topological polar surface area (TPSA) is 58.6 Å². The quantitative estimate of drug-likeness (QED) is 0.832. The van der Waals surface area contributed by atoms with E-state index in [1.165, 1.54) is 4.90 Å². The molecule has 0 saturated heterocycles. The Hall–Kier alpha value is -2.34. The molecule has 0 radical (unpaired) electrons. The molecule has 1 heterocycles. The van der Waals surface area contributed by atoms with Crippen molar-refractivity contribution in [3.8, 4) is 5.75 Å². The Labute approximate surface area is 155 Å². The summed E-state index contributed by atoms with van der Waals surface area (Å²) < 4.78 is 6.40. The maximum atomic E-state index is 12.5. The highest BCUT2D eigenvalue weighted by Crippen LogP contribution is 2.31. The second-order valence-corrected chi connectivity index (χ2v) is 6.73. The van der Waals surface area contributed by atoms with Gasteiger partial charge in [0.15, 0.2) is 6.61 Å². The number of anilines is 1. The van der Waals surface area contributed by atoms with Gasteiger partial charge in [-0.1, -0.05) is 47.1 Å². The predicted octanol–water partition coefficient (Wildman–Crippen LogP) is 3.44. The molecule has 5 nitrogen and oxygen atoms in total. The van der Waals surface area contributed by atoms with Crippen molar-refractivity contribution in [2.45, 2.75) is 19.4 Å². The standard InChI is InChI=1S/C19H19BrN2O3/c1-2-15(13-7-9-14(20)10-8-13)21-18(23)11-22-16-5-3-4-6-17(16)25-12-19(22)24/h3-10,15H,2,11-12H2,1H3,(H,21,23)/t15-/m1/s1. The van der Waals surface area contributed by atoms with Gasteiger partial charge in [-0.05, 0) is 36.2 Å². The summed E-state index contributed by atoms with van der Waals surface area (Å²) in [6, 6.07) is 15.0. The molecule has 25 heavy (non-hydrogen) atoms. The van der Waals surface area contributed by atoms with Crippen molar-refractivity contribution in [3.05, 3.63) is 58.6 Å². The molecule has 1 N–H and O–H groups in total. The lowest BCUT2D eigenvalue weighted by Gasteiger charge is -2.29. The first-order valence-corrected chi connectivity index (χ1v) is 8.94. The number of rotatable bonds is 5. The normalized spacial score (nSPS) is 14.5. The highest BCUT2D eigenvalue weighted by molar-refractivity contribution is 9.10. The van der Waals surface area contributed by atoms with Crippen molar-refractivity contribution in [1.82, 2.24) is 5.32 Å². The van der Waals surface area contributed by atoms with E-state index in [1.807, 2.05) is 43.3 Å². The van der Waals surface area contributed by atoms with Crippen LogP contribution in [0.15, 0.2) is 53.0 Å². The van der Waals surface area contributed by atoms with Gasteiger partial charge in [-0.2, -0.15) is 0 Å². The highest BCUT2D eigenvalue weighted by atomic mass is 79.9. The van der Waals surface area contributed by atoms with E-state index in [2.05, 4.69) is 21.2 Å². The third-order valence-electron chi connectivity index (χ3n) is 4.13. The van der Waals surface area contributed by atoms with Crippen molar-refractivity contribution in [2.75, 3.05) is 18.1 Å². The molecule has 0 aromatic heterocycles. The van der Waals surface area contributed by atoms with Crippen molar-refractivity contribution in [2.24, 2.45) is 0 Å². The molecular weight excluding hydrogens is 384 g/mol. The molecule has 3 rings (SSSR count). The first kappa shape index (κ1) is 17.5. The maximum Gasteiger partial charge on any atom is 0.265 e. The molecule has 6 heteroatoms. The van der Waals surface area contributed by atoms with Crippen LogP contribution in [0.2, 0.25) is 0 Å². The average Bonchev–Trinajstić information content (AvgIpc) is 2.63. The van der Waals surface area contributed by atoms with Gasteiger partial charge in [-0.25, -0.2) is 0 Å². The van der Waals surface area contributed by atoms with Gasteiger partial charge in [-0.15, -0.1) is 0 Å². The number of amides is 2. The zero-order chi connectivity index (χ0) is 17.8. The van der Waals surface area contributed by atoms with Crippen LogP contribution in [0.4, 0.5) is 5.69 Å². The zero-order valence-electron chi connectivity index (χ0n) is 13.9. The average molecular weight is 403 g/mol. The van der Waals surface area contributed by atoms with Crippen molar-refractivity contribution < 1.29 is 14.3 Å². The Balaban J connectivity index is 1.71. The summed E-state index contributed by atoms with van der Waals surface area (Å²) in [4.78, 5) is 26.2. The van der Waals surface area contributed by atoms with Crippen LogP contribution in [0.3, 0.4) is 0 Å². The molecule has 0 unspecified atom stereocenters. The molecule has 2 aromatic rings. The Kier molecular flexibility index (Phi) is 5.38. The van der Waals surface area contributed by atoms with Gasteiger partial charge in [-0.3, -0.25) is 14.5 Å². The first-order chi connectivity index (χ1) is 12.1. The number of carbonyl (C=O) groups excluding carboxylic acids is 2. The number of ether oxygens (including phenoxy) is 1. The number of para-hydroxylation sites is 2. The lowest BCUT2D eigenvalue weighted by atomic mass is 10.0. The van der Waals surface area contributed by atoms with Crippen LogP contribution in [-0.2, 0) is 9.59 Å². The molecule has 0 saturated carbocycles. The van der Waals surface area contributed by atoms with Gasteiger partial charge in [0.2, 0.25) is 5.91 Å². The molecule has 2 aromatic carbocycles. The fourth-order valence-corrected chi connectivity index (χ4v) is 3.09. The van der Waals surface area contributed by atoms with Gasteiger partial charge in [0, 0.05) is 4.47 Å². The SMILES string of the molecule is CC[C@@H](NC(=O)CN1C(=O)COc2ccccc21)c1ccc(Br)cc1. The number of nitrogens with zero attached hydrogens (tertiary/aromatic N) is 1. The number of hydrogen-bond donors (Lipinski definition) is 1. The smallest absolute Gasteiger partial charge is 0.265 e. The van der Waals surface area contributed by atoms with E-state index >= 15 is 0 Å². The third-order valence-corrected chi connectivity index (χ3v) is 4.65. The number of nitrogens with one attached hydrogen (secondary N) is 1. The van der Waals surface area contributed by atoms with Crippen molar-refractivity contribution >= 4 is 33.4 Å². The van der Waals surface area contributed by atoms with Crippen LogP contribution in [0, 0.1) is 0 Å². The lowest BCUT2D eigenvalue weighted by Crippen LogP contribution is -2.45. The molecule has 0 aliphatic carbocycles. The minimum Gasteiger partial charge on any atom is -0.482 e. The summed E-state index contributed by atoms with van der Waals surface area (Å²) in [5, 5.41) is 3.01. The number of carbonyl (C=O) groups is 2. The molecule has 0 fully saturated rings. The number of halogens is 1. The summed E-state index contributed by atoms with van der Waals surface area (Å²) >= 11 is 3.41. The van der Waals surface area contributed by atoms with E-state index < -0.39 is 0 Å². The van der Waals surface area contributed by atoms with E-state index in [1.54, 1.807) is 12.1 Å². The van der Waals surface area contributed by atoms with E-state index in [9.17, 15) is 9.59 Å². The van der Waals surface area contributed by atoms with Gasteiger partial charge >= 0.3 is 0 Å². The summed E-state index contributed by atoms with van der Waals surface area (Å²) in [6.07, 6.45) is 0.765. The molecule has 0 bridgehead atoms. The predicted molar refractivity (Wildman–Crippen MR) is 99.6 cm³/mol. The molecule has 1 aliphatic heterocycles. The monoisotopic (exact) mass is 402 g/mol. The highest BCUT2D eigenvalue weighted by Gasteiger charge is 2.27. The van der Waals surface area contributed by atoms with Gasteiger partial charge < -0.3 is 10.1 Å². The Bertz CT molecular complexity index is 776. The van der Waals surface area contributed by atoms with Gasteiger partial charge in [0.25, 0.3) is 5.91 Å². The van der Waals surface area contributed by atoms with Crippen molar-refractivity contribution in [1.29, 1.82) is 0 Å². The van der Waals surface area contributed by atoms with E-state index in [0.29, 0.717) is 11.4 Å². The second-order valence-electron chi connectivity index (χ2n) is 5.82. The molecule has 1 aliphatic rings. The van der Waals surface area contributed by atoms with E-state index in [4.69, 9.17) is 4.74 Å². The summed E-state index contributed by atoms with van der Waals surface area (Å²) in [5.74, 6) is 0.209. The number of fused-ring (bicyclic) bond motifs is 1. The zero-order valence-corrected chi connectivity index (χ0v) is 15.5. The Morgan fingerprint density at radius 1 is 1.24 bits per heavy atom. The molecule has 2 amide bonds. The summed E-state index contributed by atoms with van der Waals surface area (Å²) in [5.41, 5.74) is 1.67. The number of hydrogen-bond acceptors (Lipinski definition) is 3. The number of benzene rings is 2. The Morgan fingerprint density at radius 3 is 2.68 bits per heavy atom. The molecule has 130 valence electrons.